The maximum absolute atomic E-state index is 11.0. The molecule has 0 aromatic heterocycles. The summed E-state index contributed by atoms with van der Waals surface area (Å²) in [6.07, 6.45) is 1.71. The maximum atomic E-state index is 11.0. The van der Waals surface area contributed by atoms with Crippen LogP contribution in [0.3, 0.4) is 0 Å². The summed E-state index contributed by atoms with van der Waals surface area (Å²) in [5.74, 6) is -0.757. The van der Waals surface area contributed by atoms with Crippen molar-refractivity contribution in [1.29, 1.82) is 0 Å². The lowest BCUT2D eigenvalue weighted by Crippen LogP contribution is -2.09. The number of methoxy groups -OCH3 is 1. The van der Waals surface area contributed by atoms with Crippen molar-refractivity contribution < 1.29 is 19.1 Å². The lowest BCUT2D eigenvalue weighted by Gasteiger charge is -1.96. The summed E-state index contributed by atoms with van der Waals surface area (Å²) in [7, 11) is 1.14. The first-order chi connectivity index (χ1) is 7.61. The van der Waals surface area contributed by atoms with Crippen molar-refractivity contribution in [2.75, 3.05) is 7.11 Å². The van der Waals surface area contributed by atoms with Crippen LogP contribution in [0.1, 0.15) is 11.1 Å². The van der Waals surface area contributed by atoms with E-state index >= 15 is 0 Å². The molecule has 0 heterocycles. The van der Waals surface area contributed by atoms with Gasteiger partial charge in [-0.2, -0.15) is 0 Å². The molecule has 0 amide bonds. The number of benzene rings is 1. The lowest BCUT2D eigenvalue weighted by molar-refractivity contribution is -0.133. The SMILES string of the molecule is COC(=O)OC(=O)/C=C/c1ccc(C)cc1. The highest BCUT2D eigenvalue weighted by atomic mass is 16.7. The summed E-state index contributed by atoms with van der Waals surface area (Å²) in [5.41, 5.74) is 1.99. The van der Waals surface area contributed by atoms with Gasteiger partial charge in [-0.3, -0.25) is 0 Å². The molecule has 0 aliphatic rings. The van der Waals surface area contributed by atoms with E-state index in [2.05, 4.69) is 9.47 Å². The fourth-order valence-corrected chi connectivity index (χ4v) is 1.000. The number of aryl methyl sites for hydroxylation is 1. The van der Waals surface area contributed by atoms with E-state index in [1.807, 2.05) is 31.2 Å². The number of hydrogen-bond acceptors (Lipinski definition) is 4. The molecule has 0 aliphatic heterocycles. The van der Waals surface area contributed by atoms with Crippen LogP contribution in [0.25, 0.3) is 6.08 Å². The number of hydrogen-bond donors (Lipinski definition) is 0. The predicted octanol–water partition coefficient (Wildman–Crippen LogP) is 2.32. The topological polar surface area (TPSA) is 52.6 Å². The first-order valence-electron chi connectivity index (χ1n) is 4.66. The second kappa shape index (κ2) is 5.70. The Morgan fingerprint density at radius 1 is 1.19 bits per heavy atom. The molecule has 16 heavy (non-hydrogen) atoms. The molecule has 0 atom stereocenters. The third-order valence-electron chi connectivity index (χ3n) is 1.84. The molecule has 0 spiro atoms. The zero-order chi connectivity index (χ0) is 12.0. The van der Waals surface area contributed by atoms with Gasteiger partial charge in [0.1, 0.15) is 0 Å². The average molecular weight is 220 g/mol. The molecule has 0 N–H and O–H groups in total. The molecule has 0 unspecified atom stereocenters. The van der Waals surface area contributed by atoms with Gasteiger partial charge in [0.25, 0.3) is 0 Å². The van der Waals surface area contributed by atoms with Crippen molar-refractivity contribution in [3.05, 3.63) is 41.5 Å². The van der Waals surface area contributed by atoms with Gasteiger partial charge >= 0.3 is 12.1 Å². The van der Waals surface area contributed by atoms with Gasteiger partial charge < -0.3 is 9.47 Å². The van der Waals surface area contributed by atoms with Gasteiger partial charge in [0.15, 0.2) is 0 Å². The Hall–Kier alpha value is -2.10. The van der Waals surface area contributed by atoms with E-state index in [0.717, 1.165) is 18.2 Å². The quantitative estimate of drug-likeness (QED) is 0.436. The molecule has 0 saturated carbocycles. The smallest absolute Gasteiger partial charge is 0.437 e. The fourth-order valence-electron chi connectivity index (χ4n) is 1.000. The molecule has 0 bridgehead atoms. The second-order valence-electron chi connectivity index (χ2n) is 3.12. The Balaban J connectivity index is 2.56. The van der Waals surface area contributed by atoms with Crippen LogP contribution in [0.15, 0.2) is 30.3 Å². The Labute approximate surface area is 93.5 Å². The van der Waals surface area contributed by atoms with Gasteiger partial charge in [0, 0.05) is 6.08 Å². The molecule has 1 rings (SSSR count). The summed E-state index contributed by atoms with van der Waals surface area (Å²) in [6.45, 7) is 1.97. The van der Waals surface area contributed by atoms with E-state index in [1.54, 1.807) is 6.08 Å². The summed E-state index contributed by atoms with van der Waals surface area (Å²) < 4.78 is 8.43. The van der Waals surface area contributed by atoms with E-state index in [4.69, 9.17) is 0 Å². The number of ether oxygens (including phenoxy) is 2. The monoisotopic (exact) mass is 220 g/mol. The van der Waals surface area contributed by atoms with Gasteiger partial charge in [0.2, 0.25) is 0 Å². The zero-order valence-electron chi connectivity index (χ0n) is 9.10. The molecule has 1 aromatic carbocycles. The molecule has 84 valence electrons. The van der Waals surface area contributed by atoms with E-state index in [1.165, 1.54) is 6.08 Å². The van der Waals surface area contributed by atoms with Crippen molar-refractivity contribution in [1.82, 2.24) is 0 Å². The highest BCUT2D eigenvalue weighted by molar-refractivity contribution is 5.93. The van der Waals surface area contributed by atoms with Gasteiger partial charge in [-0.25, -0.2) is 9.59 Å². The molecule has 0 saturated heterocycles. The van der Waals surface area contributed by atoms with Crippen LogP contribution in [0.5, 0.6) is 0 Å². The van der Waals surface area contributed by atoms with Crippen LogP contribution in [0, 0.1) is 6.92 Å². The second-order valence-corrected chi connectivity index (χ2v) is 3.12. The van der Waals surface area contributed by atoms with Crippen molar-refractivity contribution in [2.45, 2.75) is 6.92 Å². The first kappa shape index (κ1) is 12.0. The largest absolute Gasteiger partial charge is 0.516 e. The van der Waals surface area contributed by atoms with Crippen LogP contribution in [0.2, 0.25) is 0 Å². The van der Waals surface area contributed by atoms with E-state index in [0.29, 0.717) is 0 Å². The molecular weight excluding hydrogens is 208 g/mol. The highest BCUT2D eigenvalue weighted by Gasteiger charge is 2.05. The van der Waals surface area contributed by atoms with Gasteiger partial charge in [-0.15, -0.1) is 0 Å². The van der Waals surface area contributed by atoms with Crippen LogP contribution < -0.4 is 0 Å². The van der Waals surface area contributed by atoms with Crippen molar-refractivity contribution in [2.24, 2.45) is 0 Å². The van der Waals surface area contributed by atoms with E-state index < -0.39 is 12.1 Å². The average Bonchev–Trinajstić information content (AvgIpc) is 2.28. The molecule has 0 radical (unpaired) electrons. The van der Waals surface area contributed by atoms with Crippen molar-refractivity contribution in [3.63, 3.8) is 0 Å². The Morgan fingerprint density at radius 3 is 2.38 bits per heavy atom. The fraction of sp³-hybridized carbons (Fsp3) is 0.167. The lowest BCUT2D eigenvalue weighted by atomic mass is 10.1. The number of carbonyl (C=O) groups excluding carboxylic acids is 2. The maximum Gasteiger partial charge on any atom is 0.516 e. The van der Waals surface area contributed by atoms with Crippen LogP contribution in [-0.4, -0.2) is 19.2 Å². The highest BCUT2D eigenvalue weighted by Crippen LogP contribution is 2.05. The summed E-state index contributed by atoms with van der Waals surface area (Å²) >= 11 is 0. The normalized spacial score (nSPS) is 10.1. The standard InChI is InChI=1S/C12H12O4/c1-9-3-5-10(6-4-9)7-8-11(13)16-12(14)15-2/h3-8H,1-2H3/b8-7+. The summed E-state index contributed by atoms with van der Waals surface area (Å²) in [6, 6.07) is 7.56. The number of rotatable bonds is 2. The van der Waals surface area contributed by atoms with Gasteiger partial charge in [-0.05, 0) is 18.6 Å². The molecule has 0 fully saturated rings. The molecule has 1 aromatic rings. The third kappa shape index (κ3) is 3.96. The third-order valence-corrected chi connectivity index (χ3v) is 1.84. The summed E-state index contributed by atoms with van der Waals surface area (Å²) in [4.78, 5) is 21.6. The van der Waals surface area contributed by atoms with Crippen molar-refractivity contribution >= 4 is 18.2 Å². The van der Waals surface area contributed by atoms with Gasteiger partial charge in [0.05, 0.1) is 7.11 Å². The molecular formula is C12H12O4. The van der Waals surface area contributed by atoms with E-state index in [-0.39, 0.29) is 0 Å². The molecule has 0 aliphatic carbocycles. The van der Waals surface area contributed by atoms with Crippen molar-refractivity contribution in [3.8, 4) is 0 Å². The minimum Gasteiger partial charge on any atom is -0.437 e. The Kier molecular flexibility index (Phi) is 4.27. The number of esters is 1. The van der Waals surface area contributed by atoms with Crippen LogP contribution in [-0.2, 0) is 14.3 Å². The molecule has 4 heteroatoms. The number of carbonyl (C=O) groups is 2. The molecule has 4 nitrogen and oxygen atoms in total. The first-order valence-corrected chi connectivity index (χ1v) is 4.66. The van der Waals surface area contributed by atoms with Crippen LogP contribution >= 0.6 is 0 Å². The van der Waals surface area contributed by atoms with E-state index in [9.17, 15) is 9.59 Å². The van der Waals surface area contributed by atoms with Crippen LogP contribution in [0.4, 0.5) is 4.79 Å². The predicted molar refractivity (Wildman–Crippen MR) is 58.7 cm³/mol. The minimum atomic E-state index is -1.02. The van der Waals surface area contributed by atoms with Gasteiger partial charge in [-0.1, -0.05) is 29.8 Å². The zero-order valence-corrected chi connectivity index (χ0v) is 9.10. The minimum absolute atomic E-state index is 0.757. The summed E-state index contributed by atoms with van der Waals surface area (Å²) in [5, 5.41) is 0. The Bertz CT molecular complexity index is 404. The Morgan fingerprint density at radius 2 is 1.81 bits per heavy atom.